The highest BCUT2D eigenvalue weighted by atomic mass is 16.5. The Kier molecular flexibility index (Phi) is 6.45. The second-order valence-electron chi connectivity index (χ2n) is 3.98. The topological polar surface area (TPSA) is 111 Å². The molecule has 0 spiro atoms. The summed E-state index contributed by atoms with van der Waals surface area (Å²) in [6, 6.07) is 0. The number of nitrogens with two attached hydrogens (primary N) is 2. The minimum absolute atomic E-state index is 0.185. The van der Waals surface area contributed by atoms with Crippen molar-refractivity contribution in [3.8, 4) is 0 Å². The van der Waals surface area contributed by atoms with Crippen molar-refractivity contribution < 1.29 is 14.6 Å². The van der Waals surface area contributed by atoms with E-state index in [9.17, 15) is 4.79 Å². The zero-order valence-corrected chi connectivity index (χ0v) is 10.6. The molecule has 5 N–H and O–H groups in total. The van der Waals surface area contributed by atoms with Crippen molar-refractivity contribution in [2.24, 2.45) is 16.5 Å². The molecular formula is C11H21N3O3. The van der Waals surface area contributed by atoms with Gasteiger partial charge in [0, 0.05) is 13.7 Å². The van der Waals surface area contributed by atoms with Crippen LogP contribution in [0.1, 0.15) is 20.3 Å². The van der Waals surface area contributed by atoms with Crippen molar-refractivity contribution in [3.05, 3.63) is 11.6 Å². The van der Waals surface area contributed by atoms with Crippen molar-refractivity contribution in [2.45, 2.75) is 25.8 Å². The molecule has 0 bridgehead atoms. The van der Waals surface area contributed by atoms with Gasteiger partial charge in [-0.3, -0.25) is 4.99 Å². The van der Waals surface area contributed by atoms with E-state index in [-0.39, 0.29) is 6.61 Å². The van der Waals surface area contributed by atoms with E-state index in [0.717, 1.165) is 0 Å². The molecule has 0 aromatic carbocycles. The molecule has 0 saturated heterocycles. The maximum absolute atomic E-state index is 11.0. The second kappa shape index (κ2) is 7.03. The number of amidine groups is 1. The molecule has 0 heterocycles. The highest BCUT2D eigenvalue weighted by molar-refractivity contribution is 5.82. The third kappa shape index (κ3) is 5.46. The quantitative estimate of drug-likeness (QED) is 0.255. The number of hydrogen-bond donors (Lipinski definition) is 3. The molecule has 0 aliphatic carbocycles. The van der Waals surface area contributed by atoms with Gasteiger partial charge in [-0.1, -0.05) is 6.08 Å². The van der Waals surface area contributed by atoms with Gasteiger partial charge in [0.15, 0.2) is 0 Å². The molecule has 0 radical (unpaired) electrons. The third-order valence-electron chi connectivity index (χ3n) is 2.29. The molecule has 98 valence electrons. The fourth-order valence-corrected chi connectivity index (χ4v) is 1.19. The standard InChI is InChI=1S/C11H21N3O3/c1-8(12)14-6-4-5-9(7-17-3)11(2,13)10(15)16/h5H,4,6-7,13H2,1-3H3,(H2,12,14)(H,15,16)/b9-5-. The summed E-state index contributed by atoms with van der Waals surface area (Å²) in [7, 11) is 1.49. The predicted molar refractivity (Wildman–Crippen MR) is 67.0 cm³/mol. The van der Waals surface area contributed by atoms with Gasteiger partial charge in [-0.2, -0.15) is 0 Å². The van der Waals surface area contributed by atoms with E-state index in [1.807, 2.05) is 0 Å². The molecule has 0 aliphatic rings. The second-order valence-corrected chi connectivity index (χ2v) is 3.98. The number of carbonyl (C=O) groups is 1. The summed E-state index contributed by atoms with van der Waals surface area (Å²) in [5.41, 5.74) is 10.2. The number of ether oxygens (including phenoxy) is 1. The molecule has 0 saturated carbocycles. The molecule has 6 nitrogen and oxygen atoms in total. The molecule has 1 atom stereocenters. The highest BCUT2D eigenvalue weighted by Gasteiger charge is 2.32. The number of aliphatic carboxylic acids is 1. The molecular weight excluding hydrogens is 222 g/mol. The Bertz CT molecular complexity index is 318. The molecule has 6 heteroatoms. The van der Waals surface area contributed by atoms with E-state index in [0.29, 0.717) is 24.4 Å². The Labute approximate surface area is 101 Å². The average Bonchev–Trinajstić information content (AvgIpc) is 2.21. The number of hydrogen-bond acceptors (Lipinski definition) is 4. The van der Waals surface area contributed by atoms with Gasteiger partial charge in [-0.05, 0) is 25.8 Å². The number of rotatable bonds is 7. The lowest BCUT2D eigenvalue weighted by molar-refractivity contribution is -0.141. The van der Waals surface area contributed by atoms with Crippen molar-refractivity contribution in [3.63, 3.8) is 0 Å². The van der Waals surface area contributed by atoms with E-state index in [1.54, 1.807) is 13.0 Å². The van der Waals surface area contributed by atoms with Crippen molar-refractivity contribution in [2.75, 3.05) is 20.3 Å². The Morgan fingerprint density at radius 1 is 1.59 bits per heavy atom. The van der Waals surface area contributed by atoms with Gasteiger partial charge < -0.3 is 21.3 Å². The summed E-state index contributed by atoms with van der Waals surface area (Å²) in [5.74, 6) is -0.584. The molecule has 0 aliphatic heterocycles. The minimum atomic E-state index is -1.42. The zero-order valence-electron chi connectivity index (χ0n) is 10.6. The van der Waals surface area contributed by atoms with Crippen molar-refractivity contribution >= 4 is 11.8 Å². The summed E-state index contributed by atoms with van der Waals surface area (Å²) in [6.07, 6.45) is 2.32. The normalized spacial score (nSPS) is 16.7. The van der Waals surface area contributed by atoms with Crippen LogP contribution in [0.15, 0.2) is 16.6 Å². The number of nitrogens with zero attached hydrogens (tertiary/aromatic N) is 1. The Morgan fingerprint density at radius 2 is 2.18 bits per heavy atom. The first kappa shape index (κ1) is 15.6. The van der Waals surface area contributed by atoms with Crippen LogP contribution in [0.25, 0.3) is 0 Å². The van der Waals surface area contributed by atoms with Gasteiger partial charge in [0.2, 0.25) is 0 Å². The van der Waals surface area contributed by atoms with Crippen LogP contribution in [-0.4, -0.2) is 42.7 Å². The fourth-order valence-electron chi connectivity index (χ4n) is 1.19. The Morgan fingerprint density at radius 3 is 2.59 bits per heavy atom. The highest BCUT2D eigenvalue weighted by Crippen LogP contribution is 2.15. The SMILES string of the molecule is COC/C(=C/CCN=C(C)N)C(C)(N)C(=O)O. The van der Waals surface area contributed by atoms with Crippen LogP contribution >= 0.6 is 0 Å². The van der Waals surface area contributed by atoms with Crippen molar-refractivity contribution in [1.82, 2.24) is 0 Å². The minimum Gasteiger partial charge on any atom is -0.480 e. The van der Waals surface area contributed by atoms with Crippen LogP contribution in [-0.2, 0) is 9.53 Å². The summed E-state index contributed by atoms with van der Waals surface area (Å²) in [6.45, 7) is 3.83. The molecule has 0 rings (SSSR count). The molecule has 0 aromatic rings. The fraction of sp³-hybridized carbons (Fsp3) is 0.636. The van der Waals surface area contributed by atoms with E-state index in [2.05, 4.69) is 4.99 Å². The smallest absolute Gasteiger partial charge is 0.327 e. The molecule has 1 unspecified atom stereocenters. The van der Waals surface area contributed by atoms with Gasteiger partial charge >= 0.3 is 5.97 Å². The number of carboxylic acid groups (broad SMARTS) is 1. The van der Waals surface area contributed by atoms with Crippen LogP contribution in [0.2, 0.25) is 0 Å². The van der Waals surface area contributed by atoms with E-state index in [4.69, 9.17) is 21.3 Å². The average molecular weight is 243 g/mol. The van der Waals surface area contributed by atoms with Crippen LogP contribution in [0.3, 0.4) is 0 Å². The number of carboxylic acids is 1. The van der Waals surface area contributed by atoms with Gasteiger partial charge in [0.25, 0.3) is 0 Å². The monoisotopic (exact) mass is 243 g/mol. The molecule has 0 amide bonds. The van der Waals surface area contributed by atoms with Gasteiger partial charge in [0.05, 0.1) is 12.4 Å². The zero-order chi connectivity index (χ0) is 13.5. The maximum atomic E-state index is 11.0. The number of methoxy groups -OCH3 is 1. The lowest BCUT2D eigenvalue weighted by Gasteiger charge is -2.22. The van der Waals surface area contributed by atoms with E-state index in [1.165, 1.54) is 14.0 Å². The largest absolute Gasteiger partial charge is 0.480 e. The number of aliphatic imine (C=N–C) groups is 1. The summed E-state index contributed by atoms with van der Waals surface area (Å²) < 4.78 is 4.95. The molecule has 17 heavy (non-hydrogen) atoms. The van der Waals surface area contributed by atoms with Crippen LogP contribution in [0.4, 0.5) is 0 Å². The van der Waals surface area contributed by atoms with Crippen LogP contribution in [0.5, 0.6) is 0 Å². The molecule has 0 fully saturated rings. The maximum Gasteiger partial charge on any atom is 0.327 e. The van der Waals surface area contributed by atoms with Gasteiger partial charge in [-0.25, -0.2) is 4.79 Å². The van der Waals surface area contributed by atoms with Gasteiger partial charge in [-0.15, -0.1) is 0 Å². The first-order chi connectivity index (χ1) is 7.82. The first-order valence-corrected chi connectivity index (χ1v) is 5.29. The molecule has 0 aromatic heterocycles. The Hall–Kier alpha value is -1.40. The lowest BCUT2D eigenvalue weighted by Crippen LogP contribution is -2.47. The summed E-state index contributed by atoms with van der Waals surface area (Å²) in [5, 5.41) is 9.01. The summed E-state index contributed by atoms with van der Waals surface area (Å²) >= 11 is 0. The van der Waals surface area contributed by atoms with E-state index < -0.39 is 11.5 Å². The predicted octanol–water partition coefficient (Wildman–Crippen LogP) is 0.128. The van der Waals surface area contributed by atoms with Crippen LogP contribution in [0, 0.1) is 0 Å². The van der Waals surface area contributed by atoms with Crippen molar-refractivity contribution in [1.29, 1.82) is 0 Å². The summed E-state index contributed by atoms with van der Waals surface area (Å²) in [4.78, 5) is 15.0. The van der Waals surface area contributed by atoms with Crippen LogP contribution < -0.4 is 11.5 Å². The van der Waals surface area contributed by atoms with Gasteiger partial charge in [0.1, 0.15) is 5.54 Å². The first-order valence-electron chi connectivity index (χ1n) is 5.29. The Balaban J connectivity index is 4.67. The van der Waals surface area contributed by atoms with E-state index >= 15 is 0 Å². The lowest BCUT2D eigenvalue weighted by atomic mass is 9.92. The third-order valence-corrected chi connectivity index (χ3v) is 2.29.